The van der Waals surface area contributed by atoms with E-state index in [1.165, 1.54) is 43.1 Å². The SMILES string of the molecule is c1ccc2cc(N(c3cccc4ccccc34)c3cc4oc5ccc6oc7cc(N(c8ccc9ccccc9c8)c8cccc9ccccc89)c8ccccc8c7c6c5c4c4ccccc34)ccc2c1. The first-order chi connectivity index (χ1) is 34.7. The van der Waals surface area contributed by atoms with Crippen molar-refractivity contribution < 1.29 is 8.83 Å². The summed E-state index contributed by atoms with van der Waals surface area (Å²) in [4.78, 5) is 4.83. The molecule has 4 nitrogen and oxygen atoms in total. The molecule has 0 aliphatic heterocycles. The molecule has 0 aliphatic carbocycles. The molecule has 0 saturated heterocycles. The average Bonchev–Trinajstić information content (AvgIpc) is 4.00. The Morgan fingerprint density at radius 2 is 0.571 bits per heavy atom. The maximum atomic E-state index is 7.10. The molecule has 0 aliphatic rings. The Balaban J connectivity index is 1.01. The maximum Gasteiger partial charge on any atom is 0.138 e. The van der Waals surface area contributed by atoms with Gasteiger partial charge >= 0.3 is 0 Å². The number of rotatable bonds is 6. The fourth-order valence-corrected chi connectivity index (χ4v) is 11.4. The number of furan rings is 2. The largest absolute Gasteiger partial charge is 0.456 e. The number of hydrogen-bond donors (Lipinski definition) is 0. The Bertz CT molecular complexity index is 4330. The summed E-state index contributed by atoms with van der Waals surface area (Å²) in [6.45, 7) is 0. The number of fused-ring (bicyclic) bond motifs is 15. The molecule has 0 unspecified atom stereocenters. The summed E-state index contributed by atoms with van der Waals surface area (Å²) in [5, 5.41) is 18.2. The monoisotopic (exact) mass is 892 g/mol. The van der Waals surface area contributed by atoms with Gasteiger partial charge in [-0.15, -0.1) is 0 Å². The van der Waals surface area contributed by atoms with Gasteiger partial charge in [-0.25, -0.2) is 0 Å². The molecule has 70 heavy (non-hydrogen) atoms. The van der Waals surface area contributed by atoms with Crippen molar-refractivity contribution >= 4 is 143 Å². The minimum atomic E-state index is 0.816. The molecule has 13 aromatic carbocycles. The van der Waals surface area contributed by atoms with Gasteiger partial charge < -0.3 is 18.6 Å². The van der Waals surface area contributed by atoms with E-state index in [4.69, 9.17) is 8.83 Å². The molecule has 2 heterocycles. The molecule has 0 amide bonds. The van der Waals surface area contributed by atoms with Gasteiger partial charge in [0, 0.05) is 66.6 Å². The van der Waals surface area contributed by atoms with E-state index in [1.54, 1.807) is 0 Å². The maximum absolute atomic E-state index is 7.10. The Kier molecular flexibility index (Phi) is 8.33. The van der Waals surface area contributed by atoms with E-state index >= 15 is 0 Å². The molecule has 326 valence electrons. The third-order valence-corrected chi connectivity index (χ3v) is 14.5. The lowest BCUT2D eigenvalue weighted by molar-refractivity contribution is 0.663. The van der Waals surface area contributed by atoms with Crippen LogP contribution in [0.5, 0.6) is 0 Å². The molecule has 4 heteroatoms. The smallest absolute Gasteiger partial charge is 0.138 e. The highest BCUT2D eigenvalue weighted by molar-refractivity contribution is 6.36. The molecule has 15 aromatic rings. The van der Waals surface area contributed by atoms with E-state index < -0.39 is 0 Å². The summed E-state index contributed by atoms with van der Waals surface area (Å²) < 4.78 is 14.2. The molecule has 0 atom stereocenters. The second-order valence-corrected chi connectivity index (χ2v) is 18.4. The molecular weight excluding hydrogens is 853 g/mol. The summed E-state index contributed by atoms with van der Waals surface area (Å²) in [6, 6.07) is 87.4. The Labute approximate surface area is 402 Å². The molecule has 0 fully saturated rings. The van der Waals surface area contributed by atoms with Gasteiger partial charge in [0.25, 0.3) is 0 Å². The van der Waals surface area contributed by atoms with Gasteiger partial charge in [-0.1, -0.05) is 182 Å². The van der Waals surface area contributed by atoms with Crippen LogP contribution in [0, 0.1) is 0 Å². The molecule has 2 aromatic heterocycles. The van der Waals surface area contributed by atoms with Gasteiger partial charge in [-0.3, -0.25) is 0 Å². The lowest BCUT2D eigenvalue weighted by atomic mass is 9.96. The van der Waals surface area contributed by atoms with Gasteiger partial charge in [0.2, 0.25) is 0 Å². The highest BCUT2D eigenvalue weighted by atomic mass is 16.3. The van der Waals surface area contributed by atoms with Crippen LogP contribution in [0.4, 0.5) is 34.1 Å². The zero-order valence-corrected chi connectivity index (χ0v) is 37.8. The zero-order chi connectivity index (χ0) is 45.9. The first kappa shape index (κ1) is 38.7. The normalized spacial score (nSPS) is 12.0. The second kappa shape index (κ2) is 15.1. The van der Waals surface area contributed by atoms with E-state index in [2.05, 4.69) is 252 Å². The molecule has 0 radical (unpaired) electrons. The third kappa shape index (κ3) is 5.77. The van der Waals surface area contributed by atoms with Crippen LogP contribution in [0.3, 0.4) is 0 Å². The van der Waals surface area contributed by atoms with E-state index in [-0.39, 0.29) is 0 Å². The Morgan fingerprint density at radius 1 is 0.214 bits per heavy atom. The van der Waals surface area contributed by atoms with Crippen molar-refractivity contribution in [1.29, 1.82) is 0 Å². The van der Waals surface area contributed by atoms with Gasteiger partial charge in [-0.05, 0) is 91.6 Å². The molecule has 15 rings (SSSR count). The average molecular weight is 893 g/mol. The molecular formula is C66H40N2O2. The lowest BCUT2D eigenvalue weighted by Gasteiger charge is -2.28. The minimum Gasteiger partial charge on any atom is -0.456 e. The van der Waals surface area contributed by atoms with Crippen LogP contribution >= 0.6 is 0 Å². The number of hydrogen-bond acceptors (Lipinski definition) is 4. The fraction of sp³-hybridized carbons (Fsp3) is 0. The summed E-state index contributed by atoms with van der Waals surface area (Å²) in [5.74, 6) is 0. The zero-order valence-electron chi connectivity index (χ0n) is 37.8. The molecule has 0 spiro atoms. The van der Waals surface area contributed by atoms with E-state index in [0.29, 0.717) is 0 Å². The second-order valence-electron chi connectivity index (χ2n) is 18.4. The summed E-state index contributed by atoms with van der Waals surface area (Å²) in [5.41, 5.74) is 9.69. The van der Waals surface area contributed by atoms with E-state index in [1.807, 2.05) is 0 Å². The molecule has 0 bridgehead atoms. The molecule has 0 N–H and O–H groups in total. The fourth-order valence-electron chi connectivity index (χ4n) is 11.4. The standard InChI is InChI=1S/C66H40N2O2/c1-3-19-45-37-47(33-31-41(45)15-1)67(55-29-13-21-43-17-5-7-23-49(43)55)57-39-61-63(53-27-11-9-25-51(53)57)65-59(69-61)35-36-60-66(65)64-54-28-12-10-26-52(54)58(40-62(64)70-60)68(48-34-32-42-16-2-4-20-46(42)38-48)56-30-14-22-44-18-6-8-24-50(44)56/h1-40H. The van der Waals surface area contributed by atoms with Gasteiger partial charge in [0.1, 0.15) is 22.3 Å². The van der Waals surface area contributed by atoms with Crippen molar-refractivity contribution in [3.8, 4) is 0 Å². The topological polar surface area (TPSA) is 32.8 Å². The van der Waals surface area contributed by atoms with E-state index in [0.717, 1.165) is 99.5 Å². The van der Waals surface area contributed by atoms with Crippen molar-refractivity contribution in [3.63, 3.8) is 0 Å². The van der Waals surface area contributed by atoms with Crippen LogP contribution in [-0.2, 0) is 0 Å². The quantitative estimate of drug-likeness (QED) is 0.166. The van der Waals surface area contributed by atoms with Crippen LogP contribution in [0.2, 0.25) is 0 Å². The first-order valence-electron chi connectivity index (χ1n) is 23.9. The van der Waals surface area contributed by atoms with Gasteiger partial charge in [-0.2, -0.15) is 0 Å². The van der Waals surface area contributed by atoms with Gasteiger partial charge in [0.15, 0.2) is 0 Å². The van der Waals surface area contributed by atoms with Crippen LogP contribution < -0.4 is 9.80 Å². The van der Waals surface area contributed by atoms with Crippen molar-refractivity contribution in [2.75, 3.05) is 9.80 Å². The number of anilines is 6. The van der Waals surface area contributed by atoms with Crippen molar-refractivity contribution in [2.24, 2.45) is 0 Å². The van der Waals surface area contributed by atoms with Crippen molar-refractivity contribution in [1.82, 2.24) is 0 Å². The first-order valence-corrected chi connectivity index (χ1v) is 23.9. The third-order valence-electron chi connectivity index (χ3n) is 14.5. The summed E-state index contributed by atoms with van der Waals surface area (Å²) in [7, 11) is 0. The number of nitrogens with zero attached hydrogens (tertiary/aromatic N) is 2. The van der Waals surface area contributed by atoms with Crippen LogP contribution in [0.25, 0.3) is 109 Å². The van der Waals surface area contributed by atoms with Crippen molar-refractivity contribution in [2.45, 2.75) is 0 Å². The van der Waals surface area contributed by atoms with Gasteiger partial charge in [0.05, 0.1) is 22.7 Å². The van der Waals surface area contributed by atoms with Crippen LogP contribution in [-0.4, -0.2) is 0 Å². The number of benzene rings is 13. The predicted molar refractivity (Wildman–Crippen MR) is 295 cm³/mol. The Morgan fingerprint density at radius 3 is 1.01 bits per heavy atom. The van der Waals surface area contributed by atoms with Crippen LogP contribution in [0.1, 0.15) is 0 Å². The van der Waals surface area contributed by atoms with E-state index in [9.17, 15) is 0 Å². The minimum absolute atomic E-state index is 0.816. The lowest BCUT2D eigenvalue weighted by Crippen LogP contribution is -2.11. The predicted octanol–water partition coefficient (Wildman–Crippen LogP) is 19.3. The summed E-state index contributed by atoms with van der Waals surface area (Å²) >= 11 is 0. The summed E-state index contributed by atoms with van der Waals surface area (Å²) in [6.07, 6.45) is 0. The molecule has 0 saturated carbocycles. The highest BCUT2D eigenvalue weighted by Crippen LogP contribution is 2.51. The van der Waals surface area contributed by atoms with Crippen molar-refractivity contribution in [3.05, 3.63) is 243 Å². The Hall–Kier alpha value is -9.38. The van der Waals surface area contributed by atoms with Crippen LogP contribution in [0.15, 0.2) is 251 Å². The highest BCUT2D eigenvalue weighted by Gasteiger charge is 2.27.